The number of fused-ring (bicyclic) bond motifs is 1. The van der Waals surface area contributed by atoms with Gasteiger partial charge in [-0.15, -0.1) is 10.2 Å². The molecular weight excluding hydrogens is 386 g/mol. The smallest absolute Gasteiger partial charge is 0.234 e. The van der Waals surface area contributed by atoms with E-state index in [1.807, 2.05) is 48.7 Å². The molecule has 0 spiro atoms. The van der Waals surface area contributed by atoms with E-state index in [1.165, 1.54) is 0 Å². The van der Waals surface area contributed by atoms with Crippen LogP contribution in [0.3, 0.4) is 0 Å². The summed E-state index contributed by atoms with van der Waals surface area (Å²) in [4.78, 5) is 14.8. The van der Waals surface area contributed by atoms with Crippen molar-refractivity contribution in [1.82, 2.24) is 24.8 Å². The van der Waals surface area contributed by atoms with Crippen LogP contribution in [-0.4, -0.2) is 45.0 Å². The molecule has 1 aliphatic rings. The molecule has 152 valence electrons. The van der Waals surface area contributed by atoms with Crippen LogP contribution in [0.25, 0.3) is 5.65 Å². The minimum atomic E-state index is 0.0136. The van der Waals surface area contributed by atoms with Crippen molar-refractivity contribution in [2.24, 2.45) is 0 Å². The maximum absolute atomic E-state index is 12.6. The maximum atomic E-state index is 12.6. The Morgan fingerprint density at radius 3 is 2.66 bits per heavy atom. The van der Waals surface area contributed by atoms with Gasteiger partial charge in [-0.05, 0) is 62.2 Å². The normalized spacial score (nSPS) is 16.8. The van der Waals surface area contributed by atoms with Gasteiger partial charge in [0.25, 0.3) is 0 Å². The van der Waals surface area contributed by atoms with E-state index in [0.717, 1.165) is 49.4 Å². The molecule has 2 aromatic heterocycles. The van der Waals surface area contributed by atoms with Crippen molar-refractivity contribution in [1.29, 1.82) is 0 Å². The van der Waals surface area contributed by atoms with Gasteiger partial charge in [0.05, 0.1) is 12.6 Å². The van der Waals surface area contributed by atoms with Crippen LogP contribution in [0, 0.1) is 0 Å². The summed E-state index contributed by atoms with van der Waals surface area (Å²) in [7, 11) is 0. The van der Waals surface area contributed by atoms with Gasteiger partial charge >= 0.3 is 0 Å². The summed E-state index contributed by atoms with van der Waals surface area (Å²) in [6.07, 6.45) is 4.83. The molecular formula is C22H26ClN5O. The molecule has 1 saturated heterocycles. The summed E-state index contributed by atoms with van der Waals surface area (Å²) in [5.74, 6) is 1.47. The quantitative estimate of drug-likeness (QED) is 0.669. The molecule has 29 heavy (non-hydrogen) atoms. The van der Waals surface area contributed by atoms with E-state index < -0.39 is 0 Å². The number of halogens is 1. The van der Waals surface area contributed by atoms with Gasteiger partial charge in [0.1, 0.15) is 5.82 Å². The Bertz CT molecular complexity index is 963. The number of carbonyl (C=O) groups excluding carboxylic acids is 1. The number of nitrogens with one attached hydrogen (secondary N) is 1. The second-order valence-corrected chi connectivity index (χ2v) is 8.05. The minimum absolute atomic E-state index is 0.0136. The van der Waals surface area contributed by atoms with E-state index in [2.05, 4.69) is 31.7 Å². The summed E-state index contributed by atoms with van der Waals surface area (Å²) in [6, 6.07) is 13.7. The molecule has 1 fully saturated rings. The zero-order valence-corrected chi connectivity index (χ0v) is 17.3. The number of rotatable bonds is 6. The Kier molecular flexibility index (Phi) is 6.11. The average molecular weight is 412 g/mol. The molecule has 3 heterocycles. The summed E-state index contributed by atoms with van der Waals surface area (Å²) in [6.45, 7) is 4.28. The first kappa shape index (κ1) is 19.9. The van der Waals surface area contributed by atoms with Crippen molar-refractivity contribution in [3.63, 3.8) is 0 Å². The number of hydrogen-bond acceptors (Lipinski definition) is 4. The van der Waals surface area contributed by atoms with E-state index in [1.54, 1.807) is 0 Å². The molecule has 7 heteroatoms. The van der Waals surface area contributed by atoms with Crippen molar-refractivity contribution in [2.75, 3.05) is 19.6 Å². The number of hydrogen-bond donors (Lipinski definition) is 1. The van der Waals surface area contributed by atoms with E-state index in [9.17, 15) is 4.79 Å². The number of nitrogens with zero attached hydrogens (tertiary/aromatic N) is 4. The Hall–Kier alpha value is -2.44. The van der Waals surface area contributed by atoms with Gasteiger partial charge in [-0.2, -0.15) is 0 Å². The lowest BCUT2D eigenvalue weighted by atomic mass is 9.96. The molecule has 4 rings (SSSR count). The first-order chi connectivity index (χ1) is 14.1. The van der Waals surface area contributed by atoms with E-state index in [-0.39, 0.29) is 11.9 Å². The predicted molar refractivity (Wildman–Crippen MR) is 114 cm³/mol. The number of piperidine rings is 1. The van der Waals surface area contributed by atoms with Crippen molar-refractivity contribution in [2.45, 2.75) is 38.1 Å². The van der Waals surface area contributed by atoms with Gasteiger partial charge in [0.2, 0.25) is 5.91 Å². The molecule has 1 aromatic carbocycles. The Balaban J connectivity index is 1.31. The molecule has 3 aromatic rings. The van der Waals surface area contributed by atoms with Crippen LogP contribution >= 0.6 is 11.6 Å². The van der Waals surface area contributed by atoms with E-state index >= 15 is 0 Å². The lowest BCUT2D eigenvalue weighted by Crippen LogP contribution is -2.42. The first-order valence-corrected chi connectivity index (χ1v) is 10.6. The fraction of sp³-hybridized carbons (Fsp3) is 0.409. The molecule has 6 nitrogen and oxygen atoms in total. The minimum Gasteiger partial charge on any atom is -0.348 e. The summed E-state index contributed by atoms with van der Waals surface area (Å²) in [5, 5.41) is 12.5. The largest absolute Gasteiger partial charge is 0.348 e. The average Bonchev–Trinajstić information content (AvgIpc) is 3.17. The topological polar surface area (TPSA) is 62.5 Å². The van der Waals surface area contributed by atoms with Crippen molar-refractivity contribution in [3.05, 3.63) is 65.1 Å². The standard InChI is InChI=1S/C22H26ClN5O/c1-2-19(16-6-8-18(23)9-7-16)24-21(29)15-27-13-10-17(11-14-27)22-26-25-20-5-3-4-12-28(20)22/h3-9,12,17,19H,2,10-11,13-15H2,1H3,(H,24,29). The van der Waals surface area contributed by atoms with Crippen LogP contribution in [0.4, 0.5) is 0 Å². The van der Waals surface area contributed by atoms with Crippen molar-refractivity contribution >= 4 is 23.2 Å². The zero-order chi connectivity index (χ0) is 20.2. The third-order valence-corrected chi connectivity index (χ3v) is 5.93. The maximum Gasteiger partial charge on any atom is 0.234 e. The molecule has 1 aliphatic heterocycles. The SMILES string of the molecule is CCC(NC(=O)CN1CCC(c2nnc3ccccn23)CC1)c1ccc(Cl)cc1. The number of pyridine rings is 1. The lowest BCUT2D eigenvalue weighted by Gasteiger charge is -2.31. The van der Waals surface area contributed by atoms with Gasteiger partial charge < -0.3 is 5.32 Å². The highest BCUT2D eigenvalue weighted by Gasteiger charge is 2.26. The second-order valence-electron chi connectivity index (χ2n) is 7.62. The molecule has 1 atom stereocenters. The second kappa shape index (κ2) is 8.93. The number of carbonyl (C=O) groups is 1. The number of aromatic nitrogens is 3. The number of likely N-dealkylation sites (tertiary alicyclic amines) is 1. The van der Waals surface area contributed by atoms with Gasteiger partial charge in [0, 0.05) is 17.1 Å². The molecule has 0 bridgehead atoms. The van der Waals surface area contributed by atoms with Crippen LogP contribution in [0.5, 0.6) is 0 Å². The van der Waals surface area contributed by atoms with Gasteiger partial charge in [0.15, 0.2) is 5.65 Å². The molecule has 1 N–H and O–H groups in total. The first-order valence-electron chi connectivity index (χ1n) is 10.2. The molecule has 1 unspecified atom stereocenters. The summed E-state index contributed by atoms with van der Waals surface area (Å²) >= 11 is 5.97. The van der Waals surface area contributed by atoms with Gasteiger partial charge in [-0.25, -0.2) is 0 Å². The monoisotopic (exact) mass is 411 g/mol. The Labute approximate surface area is 175 Å². The molecule has 0 radical (unpaired) electrons. The highest BCUT2D eigenvalue weighted by molar-refractivity contribution is 6.30. The third kappa shape index (κ3) is 4.60. The predicted octanol–water partition coefficient (Wildman–Crippen LogP) is 3.83. The highest BCUT2D eigenvalue weighted by atomic mass is 35.5. The van der Waals surface area contributed by atoms with Gasteiger partial charge in [-0.3, -0.25) is 14.1 Å². The Morgan fingerprint density at radius 1 is 1.17 bits per heavy atom. The van der Waals surface area contributed by atoms with E-state index in [0.29, 0.717) is 17.5 Å². The van der Waals surface area contributed by atoms with Crippen LogP contribution in [-0.2, 0) is 4.79 Å². The Morgan fingerprint density at radius 2 is 1.93 bits per heavy atom. The van der Waals surface area contributed by atoms with E-state index in [4.69, 9.17) is 11.6 Å². The number of benzene rings is 1. The molecule has 0 saturated carbocycles. The van der Waals surface area contributed by atoms with Gasteiger partial charge in [-0.1, -0.05) is 36.7 Å². The summed E-state index contributed by atoms with van der Waals surface area (Å²) < 4.78 is 2.07. The zero-order valence-electron chi connectivity index (χ0n) is 16.6. The summed E-state index contributed by atoms with van der Waals surface area (Å²) in [5.41, 5.74) is 1.97. The highest BCUT2D eigenvalue weighted by Crippen LogP contribution is 2.27. The van der Waals surface area contributed by atoms with Crippen LogP contribution in [0.1, 0.15) is 49.5 Å². The fourth-order valence-corrected chi connectivity index (χ4v) is 4.17. The third-order valence-electron chi connectivity index (χ3n) is 5.68. The van der Waals surface area contributed by atoms with Crippen LogP contribution in [0.15, 0.2) is 48.7 Å². The lowest BCUT2D eigenvalue weighted by molar-refractivity contribution is -0.123. The van der Waals surface area contributed by atoms with Crippen molar-refractivity contribution in [3.8, 4) is 0 Å². The fourth-order valence-electron chi connectivity index (χ4n) is 4.05. The van der Waals surface area contributed by atoms with Crippen LogP contribution in [0.2, 0.25) is 5.02 Å². The van der Waals surface area contributed by atoms with Crippen molar-refractivity contribution < 1.29 is 4.79 Å². The molecule has 0 aliphatic carbocycles. The number of amides is 1. The molecule has 1 amide bonds. The van der Waals surface area contributed by atoms with Crippen LogP contribution < -0.4 is 5.32 Å².